The minimum absolute atomic E-state index is 0.176. The number of nitrogens with zero attached hydrogens (tertiary/aromatic N) is 5. The van der Waals surface area contributed by atoms with Crippen molar-refractivity contribution in [3.05, 3.63) is 64.7 Å². The molecule has 0 bridgehead atoms. The van der Waals surface area contributed by atoms with Crippen molar-refractivity contribution in [1.82, 2.24) is 25.1 Å². The van der Waals surface area contributed by atoms with E-state index in [9.17, 15) is 15.2 Å². The molecule has 3 aromatic rings. The third kappa shape index (κ3) is 6.67. The molecule has 1 aromatic carbocycles. The summed E-state index contributed by atoms with van der Waals surface area (Å²) in [5, 5.41) is 28.1. The Morgan fingerprint density at radius 3 is 2.39 bits per heavy atom. The summed E-state index contributed by atoms with van der Waals surface area (Å²) in [7, 11) is 1.79. The number of rotatable bonds is 6. The van der Waals surface area contributed by atoms with Gasteiger partial charge in [0.25, 0.3) is 0 Å². The molecule has 1 atom stereocenters. The van der Waals surface area contributed by atoms with Crippen LogP contribution in [0.15, 0.2) is 36.7 Å². The Morgan fingerprint density at radius 2 is 1.83 bits per heavy atom. The number of carbonyl (C=O) groups is 1. The summed E-state index contributed by atoms with van der Waals surface area (Å²) in [5.41, 5.74) is 3.16. The molecule has 9 heteroatoms. The van der Waals surface area contributed by atoms with Crippen molar-refractivity contribution in [2.24, 2.45) is 7.05 Å². The first-order valence-corrected chi connectivity index (χ1v) is 11.8. The van der Waals surface area contributed by atoms with E-state index in [0.29, 0.717) is 41.2 Å². The molecular formula is C27H34N6O3. The minimum Gasteiger partial charge on any atom is -0.444 e. The molecule has 0 saturated heterocycles. The van der Waals surface area contributed by atoms with Crippen LogP contribution in [-0.4, -0.2) is 43.1 Å². The average Bonchev–Trinajstić information content (AvgIpc) is 3.19. The van der Waals surface area contributed by atoms with Crippen molar-refractivity contribution in [1.29, 1.82) is 5.26 Å². The Kier molecular flexibility index (Phi) is 7.80. The van der Waals surface area contributed by atoms with Gasteiger partial charge in [0.1, 0.15) is 11.7 Å². The highest BCUT2D eigenvalue weighted by Gasteiger charge is 2.25. The summed E-state index contributed by atoms with van der Waals surface area (Å²) in [6.07, 6.45) is 2.42. The van der Waals surface area contributed by atoms with Gasteiger partial charge in [-0.1, -0.05) is 20.8 Å². The van der Waals surface area contributed by atoms with Crippen LogP contribution in [0.25, 0.3) is 11.4 Å². The predicted octanol–water partition coefficient (Wildman–Crippen LogP) is 4.20. The Balaban J connectivity index is 1.83. The Morgan fingerprint density at radius 1 is 1.17 bits per heavy atom. The van der Waals surface area contributed by atoms with E-state index < -0.39 is 17.8 Å². The number of hydrogen-bond donors (Lipinski definition) is 2. The maximum absolute atomic E-state index is 11.8. The molecule has 2 aromatic heterocycles. The van der Waals surface area contributed by atoms with Gasteiger partial charge in [-0.2, -0.15) is 10.4 Å². The van der Waals surface area contributed by atoms with Gasteiger partial charge in [-0.15, -0.1) is 0 Å². The Bertz CT molecular complexity index is 1260. The lowest BCUT2D eigenvalue weighted by molar-refractivity contribution is 0.0528. The quantitative estimate of drug-likeness (QED) is 0.530. The van der Waals surface area contributed by atoms with Crippen LogP contribution in [-0.2, 0) is 23.6 Å². The number of carbonyl (C=O) groups excluding carboxylic acids is 1. The van der Waals surface area contributed by atoms with Crippen LogP contribution in [0, 0.1) is 11.3 Å². The highest BCUT2D eigenvalue weighted by Crippen LogP contribution is 2.33. The molecule has 0 fully saturated rings. The zero-order valence-corrected chi connectivity index (χ0v) is 22.0. The van der Waals surface area contributed by atoms with Gasteiger partial charge in [0, 0.05) is 37.0 Å². The monoisotopic (exact) mass is 490 g/mol. The van der Waals surface area contributed by atoms with E-state index in [1.807, 2.05) is 26.8 Å². The first-order chi connectivity index (χ1) is 16.8. The Hall–Kier alpha value is -3.77. The van der Waals surface area contributed by atoms with Gasteiger partial charge in [0.2, 0.25) is 0 Å². The second kappa shape index (κ2) is 10.5. The molecule has 0 aliphatic carbocycles. The molecule has 3 rings (SSSR count). The van der Waals surface area contributed by atoms with Gasteiger partial charge in [0.15, 0.2) is 5.82 Å². The largest absolute Gasteiger partial charge is 0.444 e. The molecule has 0 aliphatic rings. The first-order valence-electron chi connectivity index (χ1n) is 11.8. The lowest BCUT2D eigenvalue weighted by Gasteiger charge is -2.19. The molecule has 0 aliphatic heterocycles. The van der Waals surface area contributed by atoms with Crippen molar-refractivity contribution < 1.29 is 14.6 Å². The van der Waals surface area contributed by atoms with Crippen molar-refractivity contribution >= 4 is 6.09 Å². The molecule has 9 nitrogen and oxygen atoms in total. The number of nitrogens with one attached hydrogen (secondary N) is 1. The maximum atomic E-state index is 11.8. The normalized spacial score (nSPS) is 12.6. The summed E-state index contributed by atoms with van der Waals surface area (Å²) in [6, 6.07) is 9.10. The summed E-state index contributed by atoms with van der Waals surface area (Å²) in [6.45, 7) is 12.0. The minimum atomic E-state index is -1.02. The zero-order chi connectivity index (χ0) is 26.7. The smallest absolute Gasteiger partial charge is 0.407 e. The van der Waals surface area contributed by atoms with E-state index in [-0.39, 0.29) is 5.41 Å². The topological polar surface area (TPSA) is 126 Å². The summed E-state index contributed by atoms with van der Waals surface area (Å²) >= 11 is 0. The number of hydrogen-bond acceptors (Lipinski definition) is 7. The van der Waals surface area contributed by atoms with Crippen LogP contribution in [0.1, 0.15) is 75.7 Å². The van der Waals surface area contributed by atoms with E-state index in [0.717, 1.165) is 11.3 Å². The highest BCUT2D eigenvalue weighted by molar-refractivity contribution is 5.67. The van der Waals surface area contributed by atoms with Crippen molar-refractivity contribution in [3.8, 4) is 17.5 Å². The summed E-state index contributed by atoms with van der Waals surface area (Å²) in [5.74, 6) is 0.426. The zero-order valence-electron chi connectivity index (χ0n) is 22.0. The molecule has 0 spiro atoms. The SMILES string of the molecule is Cn1nc(C(C)(C)C)cc1C(O)c1cc(C#N)ccc1-c1ncc(CCNC(=O)OC(C)(C)C)cn1. The molecule has 0 radical (unpaired) electrons. The summed E-state index contributed by atoms with van der Waals surface area (Å²) in [4.78, 5) is 20.8. The van der Waals surface area contributed by atoms with E-state index >= 15 is 0 Å². The maximum Gasteiger partial charge on any atom is 0.407 e. The van der Waals surface area contributed by atoms with E-state index in [1.165, 1.54) is 0 Å². The second-order valence-corrected chi connectivity index (χ2v) is 10.7. The fraction of sp³-hybridized carbons (Fsp3) is 0.444. The fourth-order valence-corrected chi connectivity index (χ4v) is 3.57. The van der Waals surface area contributed by atoms with E-state index in [2.05, 4.69) is 47.2 Å². The third-order valence-electron chi connectivity index (χ3n) is 5.47. The lowest BCUT2D eigenvalue weighted by Crippen LogP contribution is -2.33. The number of aliphatic hydroxyl groups excluding tert-OH is 1. The molecule has 2 heterocycles. The summed E-state index contributed by atoms with van der Waals surface area (Å²) < 4.78 is 6.90. The van der Waals surface area contributed by atoms with Gasteiger partial charge >= 0.3 is 6.09 Å². The Labute approximate surface area is 212 Å². The number of benzene rings is 1. The van der Waals surface area contributed by atoms with E-state index in [4.69, 9.17) is 4.74 Å². The third-order valence-corrected chi connectivity index (χ3v) is 5.47. The molecule has 1 unspecified atom stereocenters. The van der Waals surface area contributed by atoms with Crippen LogP contribution in [0.5, 0.6) is 0 Å². The predicted molar refractivity (Wildman–Crippen MR) is 136 cm³/mol. The molecule has 2 N–H and O–H groups in total. The standard InChI is InChI=1S/C27H34N6O3/c1-26(2,3)22-13-21(33(7)32-22)23(34)20-12-17(14-28)8-9-19(20)24-30-15-18(16-31-24)10-11-29-25(35)36-27(4,5)6/h8-9,12-13,15-16,23,34H,10-11H2,1-7H3,(H,29,35). The van der Waals surface area contributed by atoms with Gasteiger partial charge in [-0.05, 0) is 62.6 Å². The first kappa shape index (κ1) is 26.8. The average molecular weight is 491 g/mol. The van der Waals surface area contributed by atoms with Crippen LogP contribution in [0.3, 0.4) is 0 Å². The molecular weight excluding hydrogens is 456 g/mol. The van der Waals surface area contributed by atoms with Crippen LogP contribution in [0.2, 0.25) is 0 Å². The number of ether oxygens (including phenoxy) is 1. The lowest BCUT2D eigenvalue weighted by atomic mass is 9.91. The molecule has 1 amide bonds. The molecule has 36 heavy (non-hydrogen) atoms. The number of aliphatic hydroxyl groups is 1. The van der Waals surface area contributed by atoms with Crippen molar-refractivity contribution in [2.45, 2.75) is 65.1 Å². The second-order valence-electron chi connectivity index (χ2n) is 10.7. The van der Waals surface area contributed by atoms with Crippen LogP contribution >= 0.6 is 0 Å². The van der Waals surface area contributed by atoms with E-state index in [1.54, 1.807) is 42.3 Å². The fourth-order valence-electron chi connectivity index (χ4n) is 3.57. The van der Waals surface area contributed by atoms with Gasteiger partial charge < -0.3 is 15.2 Å². The number of amides is 1. The van der Waals surface area contributed by atoms with Crippen LogP contribution in [0.4, 0.5) is 4.79 Å². The number of aryl methyl sites for hydroxylation is 1. The molecule has 0 saturated carbocycles. The number of alkyl carbamates (subject to hydrolysis) is 1. The van der Waals surface area contributed by atoms with Gasteiger partial charge in [-0.3, -0.25) is 4.68 Å². The van der Waals surface area contributed by atoms with Crippen molar-refractivity contribution in [3.63, 3.8) is 0 Å². The van der Waals surface area contributed by atoms with Crippen LogP contribution < -0.4 is 5.32 Å². The highest BCUT2D eigenvalue weighted by atomic mass is 16.6. The van der Waals surface area contributed by atoms with Gasteiger partial charge in [-0.25, -0.2) is 14.8 Å². The number of nitriles is 1. The number of aromatic nitrogens is 4. The van der Waals surface area contributed by atoms with Gasteiger partial charge in [0.05, 0.1) is 23.0 Å². The van der Waals surface area contributed by atoms with Crippen molar-refractivity contribution in [2.75, 3.05) is 6.54 Å². The molecule has 190 valence electrons.